The van der Waals surface area contributed by atoms with Crippen LogP contribution in [0.2, 0.25) is 10.0 Å². The molecule has 1 fully saturated rings. The molecule has 0 saturated carbocycles. The number of hydrogen-bond donors (Lipinski definition) is 0. The van der Waals surface area contributed by atoms with Gasteiger partial charge in [-0.05, 0) is 61.9 Å². The number of benzene rings is 2. The van der Waals surface area contributed by atoms with Crippen molar-refractivity contribution in [3.05, 3.63) is 68.7 Å². The maximum Gasteiger partial charge on any atom is 0.170 e. The Bertz CT molecular complexity index is 813. The second kappa shape index (κ2) is 9.20. The normalized spacial score (nSPS) is 18.3. The van der Waals surface area contributed by atoms with Gasteiger partial charge >= 0.3 is 0 Å². The van der Waals surface area contributed by atoms with Crippen LogP contribution in [0.1, 0.15) is 47.6 Å². The number of rotatable bonds is 6. The van der Waals surface area contributed by atoms with Crippen molar-refractivity contribution in [1.29, 1.82) is 0 Å². The van der Waals surface area contributed by atoms with Crippen molar-refractivity contribution >= 4 is 29.0 Å². The van der Waals surface area contributed by atoms with Crippen molar-refractivity contribution in [1.82, 2.24) is 0 Å². The topological polar surface area (TPSA) is 35.5 Å². The summed E-state index contributed by atoms with van der Waals surface area (Å²) >= 11 is 12.8. The highest BCUT2D eigenvalue weighted by Crippen LogP contribution is 2.32. The van der Waals surface area contributed by atoms with Crippen LogP contribution in [0.5, 0.6) is 0 Å². The molecule has 144 valence electrons. The third-order valence-corrected chi connectivity index (χ3v) is 5.41. The number of Topliss-reactive ketones (excluding diaryl/α,β-unsaturated/α-hetero) is 1. The van der Waals surface area contributed by atoms with Gasteiger partial charge in [-0.1, -0.05) is 47.5 Å². The first-order valence-electron chi connectivity index (χ1n) is 9.25. The Balaban J connectivity index is 1.86. The summed E-state index contributed by atoms with van der Waals surface area (Å²) in [6.45, 7) is 4.58. The summed E-state index contributed by atoms with van der Waals surface area (Å²) in [4.78, 5) is 13.2. The molecule has 0 spiro atoms. The zero-order chi connectivity index (χ0) is 19.4. The van der Waals surface area contributed by atoms with Crippen LogP contribution in [0.3, 0.4) is 0 Å². The molecule has 1 saturated heterocycles. The van der Waals surface area contributed by atoms with Crippen LogP contribution >= 0.6 is 23.2 Å². The molecule has 3 rings (SSSR count). The van der Waals surface area contributed by atoms with Crippen LogP contribution in [0.25, 0.3) is 0 Å². The van der Waals surface area contributed by atoms with Gasteiger partial charge < -0.3 is 9.47 Å². The predicted octanol–water partition coefficient (Wildman–Crippen LogP) is 6.01. The summed E-state index contributed by atoms with van der Waals surface area (Å²) in [5.74, 6) is -0.0827. The van der Waals surface area contributed by atoms with Crippen molar-refractivity contribution in [2.24, 2.45) is 0 Å². The maximum atomic E-state index is 13.2. The summed E-state index contributed by atoms with van der Waals surface area (Å²) in [6, 6.07) is 11.4. The zero-order valence-corrected chi connectivity index (χ0v) is 17.1. The Morgan fingerprint density at radius 2 is 1.81 bits per heavy atom. The number of aryl methyl sites for hydroxylation is 2. The van der Waals surface area contributed by atoms with E-state index in [2.05, 4.69) is 0 Å². The Hall–Kier alpha value is -1.39. The maximum absolute atomic E-state index is 13.2. The molecule has 5 heteroatoms. The smallest absolute Gasteiger partial charge is 0.170 e. The fraction of sp³-hybridized carbons (Fsp3) is 0.409. The lowest BCUT2D eigenvalue weighted by molar-refractivity contribution is -0.192. The number of hydrogen-bond acceptors (Lipinski definition) is 3. The lowest BCUT2D eigenvalue weighted by atomic mass is 9.98. The third kappa shape index (κ3) is 5.32. The first-order valence-corrected chi connectivity index (χ1v) is 10.0. The van der Waals surface area contributed by atoms with E-state index in [1.54, 1.807) is 0 Å². The van der Waals surface area contributed by atoms with Crippen molar-refractivity contribution in [3.63, 3.8) is 0 Å². The summed E-state index contributed by atoms with van der Waals surface area (Å²) < 4.78 is 11.8. The van der Waals surface area contributed by atoms with Crippen LogP contribution in [-0.2, 0) is 20.7 Å². The van der Waals surface area contributed by atoms with Gasteiger partial charge in [-0.3, -0.25) is 4.79 Å². The Labute approximate surface area is 170 Å². The van der Waals surface area contributed by atoms with Gasteiger partial charge in [0, 0.05) is 28.6 Å². The van der Waals surface area contributed by atoms with Gasteiger partial charge in [-0.15, -0.1) is 0 Å². The largest absolute Gasteiger partial charge is 0.353 e. The minimum atomic E-state index is -0.779. The third-order valence-electron chi connectivity index (χ3n) is 4.73. The molecule has 0 N–H and O–H groups in total. The van der Waals surface area contributed by atoms with E-state index in [9.17, 15) is 4.79 Å². The fourth-order valence-electron chi connectivity index (χ4n) is 3.21. The van der Waals surface area contributed by atoms with Crippen LogP contribution < -0.4 is 0 Å². The van der Waals surface area contributed by atoms with Gasteiger partial charge in [0.2, 0.25) is 0 Å². The van der Waals surface area contributed by atoms with E-state index in [4.69, 9.17) is 32.7 Å². The molecule has 2 aromatic carbocycles. The minimum absolute atomic E-state index is 0.0827. The Kier molecular flexibility index (Phi) is 6.93. The highest BCUT2D eigenvalue weighted by molar-refractivity contribution is 6.32. The SMILES string of the molecule is Cc1ccc(CC(=O)[C@@H](O[C@@H]2CCCCO2)c2ccc(C)cc2Cl)c(Cl)c1. The van der Waals surface area contributed by atoms with E-state index in [0.717, 1.165) is 36.0 Å². The summed E-state index contributed by atoms with van der Waals surface area (Å²) in [5.41, 5.74) is 3.55. The average Bonchev–Trinajstić information content (AvgIpc) is 2.63. The first-order chi connectivity index (χ1) is 12.9. The lowest BCUT2D eigenvalue weighted by Gasteiger charge is -2.28. The summed E-state index contributed by atoms with van der Waals surface area (Å²) in [6.07, 6.45) is 1.83. The van der Waals surface area contributed by atoms with Gasteiger partial charge in [0.1, 0.15) is 6.10 Å². The van der Waals surface area contributed by atoms with Gasteiger partial charge in [0.25, 0.3) is 0 Å². The second-order valence-corrected chi connectivity index (χ2v) is 7.89. The highest BCUT2D eigenvalue weighted by Gasteiger charge is 2.29. The van der Waals surface area contributed by atoms with Crippen molar-refractivity contribution in [3.8, 4) is 0 Å². The van der Waals surface area contributed by atoms with Crippen molar-refractivity contribution in [2.75, 3.05) is 6.61 Å². The molecule has 2 atom stereocenters. The lowest BCUT2D eigenvalue weighted by Crippen LogP contribution is -2.29. The molecule has 1 heterocycles. The van der Waals surface area contributed by atoms with Gasteiger partial charge in [-0.25, -0.2) is 0 Å². The number of halogens is 2. The van der Waals surface area contributed by atoms with Gasteiger partial charge in [0.05, 0.1) is 0 Å². The molecule has 0 amide bonds. The number of ether oxygens (including phenoxy) is 2. The fourth-order valence-corrected chi connectivity index (χ4v) is 3.85. The standard InChI is InChI=1S/C22H24Cl2O3/c1-14-6-8-16(18(23)11-14)13-20(25)22(27-21-5-3-4-10-26-21)17-9-7-15(2)12-19(17)24/h6-9,11-12,21-22H,3-5,10,13H2,1-2H3/t21-,22+/m1/s1. The van der Waals surface area contributed by atoms with E-state index >= 15 is 0 Å². The Morgan fingerprint density at radius 3 is 2.44 bits per heavy atom. The second-order valence-electron chi connectivity index (χ2n) is 7.08. The molecule has 0 aromatic heterocycles. The summed E-state index contributed by atoms with van der Waals surface area (Å²) in [5, 5.41) is 1.12. The molecule has 27 heavy (non-hydrogen) atoms. The van der Waals surface area contributed by atoms with E-state index in [1.807, 2.05) is 50.2 Å². The van der Waals surface area contributed by atoms with Gasteiger partial charge in [0.15, 0.2) is 12.1 Å². The predicted molar refractivity (Wildman–Crippen MR) is 109 cm³/mol. The quantitative estimate of drug-likeness (QED) is 0.589. The van der Waals surface area contributed by atoms with Crippen LogP contribution in [0.15, 0.2) is 36.4 Å². The molecule has 0 radical (unpaired) electrons. The average molecular weight is 407 g/mol. The monoisotopic (exact) mass is 406 g/mol. The molecule has 2 aromatic rings. The number of carbonyl (C=O) groups excluding carboxylic acids is 1. The number of ketones is 1. The van der Waals surface area contributed by atoms with E-state index in [0.29, 0.717) is 22.2 Å². The molecule has 0 bridgehead atoms. The highest BCUT2D eigenvalue weighted by atomic mass is 35.5. The van der Waals surface area contributed by atoms with E-state index in [1.165, 1.54) is 0 Å². The van der Waals surface area contributed by atoms with Crippen molar-refractivity contribution < 1.29 is 14.3 Å². The molecule has 0 unspecified atom stereocenters. The molecule has 3 nitrogen and oxygen atoms in total. The molecule has 0 aliphatic carbocycles. The number of carbonyl (C=O) groups is 1. The first kappa shape index (κ1) is 20.3. The molecule has 1 aliphatic rings. The van der Waals surface area contributed by atoms with Gasteiger partial charge in [-0.2, -0.15) is 0 Å². The van der Waals surface area contributed by atoms with Crippen molar-refractivity contribution in [2.45, 2.75) is 51.9 Å². The zero-order valence-electron chi connectivity index (χ0n) is 15.6. The minimum Gasteiger partial charge on any atom is -0.353 e. The Morgan fingerprint density at radius 1 is 1.11 bits per heavy atom. The molecule has 1 aliphatic heterocycles. The van der Waals surface area contributed by atoms with Crippen LogP contribution in [0.4, 0.5) is 0 Å². The molecular weight excluding hydrogens is 383 g/mol. The van der Waals surface area contributed by atoms with Crippen LogP contribution in [-0.4, -0.2) is 18.7 Å². The summed E-state index contributed by atoms with van der Waals surface area (Å²) in [7, 11) is 0. The van der Waals surface area contributed by atoms with E-state index in [-0.39, 0.29) is 12.2 Å². The van der Waals surface area contributed by atoms with Crippen LogP contribution in [0, 0.1) is 13.8 Å². The molecular formula is C22H24Cl2O3. The van der Waals surface area contributed by atoms with E-state index < -0.39 is 12.4 Å².